The van der Waals surface area contributed by atoms with Gasteiger partial charge in [-0.15, -0.1) is 0 Å². The summed E-state index contributed by atoms with van der Waals surface area (Å²) in [6.07, 6.45) is 0. The fourth-order valence-electron chi connectivity index (χ4n) is 3.89. The summed E-state index contributed by atoms with van der Waals surface area (Å²) in [5.74, 6) is 0.938. The van der Waals surface area contributed by atoms with Gasteiger partial charge in [0.2, 0.25) is 0 Å². The van der Waals surface area contributed by atoms with Crippen molar-refractivity contribution in [2.24, 2.45) is 5.92 Å². The third kappa shape index (κ3) is 1.36. The molecule has 5 rings (SSSR count). The van der Waals surface area contributed by atoms with E-state index in [4.69, 9.17) is 0 Å². The van der Waals surface area contributed by atoms with Crippen molar-refractivity contribution in [1.29, 1.82) is 0 Å². The molecule has 21 heavy (non-hydrogen) atoms. The topological polar surface area (TPSA) is 37.4 Å². The number of sulfonamides is 1. The Labute approximate surface area is 130 Å². The normalized spacial score (nSPS) is 34.5. The predicted molar refractivity (Wildman–Crippen MR) is 81.1 cm³/mol. The molecule has 1 aliphatic carbocycles. The van der Waals surface area contributed by atoms with Crippen LogP contribution in [0.15, 0.2) is 59.5 Å². The molecule has 2 aromatic rings. The van der Waals surface area contributed by atoms with Gasteiger partial charge < -0.3 is 0 Å². The molecule has 106 valence electrons. The molecule has 1 saturated heterocycles. The molecule has 0 N–H and O–H groups in total. The van der Waals surface area contributed by atoms with Crippen molar-refractivity contribution < 1.29 is 8.42 Å². The van der Waals surface area contributed by atoms with Gasteiger partial charge in [-0.2, -0.15) is 0 Å². The van der Waals surface area contributed by atoms with Crippen LogP contribution in [-0.2, 0) is 10.0 Å². The van der Waals surface area contributed by atoms with Gasteiger partial charge in [0, 0.05) is 0 Å². The number of benzene rings is 2. The fourth-order valence-corrected chi connectivity index (χ4v) is 9.93. The average Bonchev–Trinajstić information content (AvgIpc) is 3.02. The molecule has 0 unspecified atom stereocenters. The molecule has 1 saturated carbocycles. The van der Waals surface area contributed by atoms with Crippen LogP contribution < -0.4 is 4.46 Å². The van der Waals surface area contributed by atoms with Gasteiger partial charge in [0.25, 0.3) is 0 Å². The molecule has 0 bridgehead atoms. The van der Waals surface area contributed by atoms with Crippen molar-refractivity contribution in [3.63, 3.8) is 0 Å². The minimum absolute atomic E-state index is 0.110. The summed E-state index contributed by atoms with van der Waals surface area (Å²) in [7, 11) is -3.29. The molecule has 3 aliphatic rings. The Morgan fingerprint density at radius 1 is 1.05 bits per heavy atom. The van der Waals surface area contributed by atoms with Gasteiger partial charge in [-0.1, -0.05) is 0 Å². The zero-order valence-corrected chi connectivity index (χ0v) is 13.7. The van der Waals surface area contributed by atoms with Gasteiger partial charge >= 0.3 is 130 Å². The van der Waals surface area contributed by atoms with E-state index in [2.05, 4.69) is 12.1 Å². The van der Waals surface area contributed by atoms with E-state index < -0.39 is 10.0 Å². The van der Waals surface area contributed by atoms with E-state index in [9.17, 15) is 8.42 Å². The average molecular weight is 362 g/mol. The van der Waals surface area contributed by atoms with Crippen LogP contribution in [-0.4, -0.2) is 38.7 Å². The molecule has 2 fully saturated rings. The first-order valence-electron chi connectivity index (χ1n) is 7.01. The number of nitrogens with zero attached hydrogens (tertiary/aromatic N) is 1. The Morgan fingerprint density at radius 2 is 1.76 bits per heavy atom. The Kier molecular flexibility index (Phi) is 2.24. The molecular formula is C16H13NO2SSe. The van der Waals surface area contributed by atoms with Gasteiger partial charge in [-0.05, 0) is 0 Å². The fraction of sp³-hybridized carbons (Fsp3) is 0.250. The van der Waals surface area contributed by atoms with Crippen molar-refractivity contribution >= 4 is 29.4 Å². The zero-order valence-electron chi connectivity index (χ0n) is 11.1. The molecule has 5 heteroatoms. The van der Waals surface area contributed by atoms with Crippen molar-refractivity contribution in [1.82, 2.24) is 4.31 Å². The van der Waals surface area contributed by atoms with Crippen molar-refractivity contribution in [2.75, 3.05) is 6.54 Å². The number of hydrogen-bond donors (Lipinski definition) is 0. The minimum atomic E-state index is -3.29. The summed E-state index contributed by atoms with van der Waals surface area (Å²) in [5.41, 5.74) is 1.05. The molecule has 2 aromatic carbocycles. The van der Waals surface area contributed by atoms with E-state index in [1.165, 1.54) is 4.46 Å². The first kappa shape index (κ1) is 12.4. The molecule has 0 radical (unpaired) electrons. The van der Waals surface area contributed by atoms with Gasteiger partial charge in [0.05, 0.1) is 0 Å². The van der Waals surface area contributed by atoms with Crippen molar-refractivity contribution in [2.45, 2.75) is 15.3 Å². The van der Waals surface area contributed by atoms with E-state index in [1.807, 2.05) is 36.4 Å². The van der Waals surface area contributed by atoms with Crippen LogP contribution in [0.3, 0.4) is 0 Å². The number of fused-ring (bicyclic) bond motifs is 3. The second-order valence-corrected chi connectivity index (χ2v) is 10.4. The number of rotatable bonds is 2. The van der Waals surface area contributed by atoms with Crippen LogP contribution in [0.25, 0.3) is 0 Å². The Bertz CT molecular complexity index is 852. The predicted octanol–water partition coefficient (Wildman–Crippen LogP) is 1.14. The maximum atomic E-state index is 12.8. The van der Waals surface area contributed by atoms with Crippen LogP contribution in [0.2, 0.25) is 0 Å². The Balaban J connectivity index is 1.65. The Hall–Kier alpha value is -1.13. The van der Waals surface area contributed by atoms with Gasteiger partial charge in [0.1, 0.15) is 0 Å². The molecule has 3 atom stereocenters. The summed E-state index contributed by atoms with van der Waals surface area (Å²) in [6.45, 7) is 0.705. The Morgan fingerprint density at radius 3 is 2.57 bits per heavy atom. The summed E-state index contributed by atoms with van der Waals surface area (Å²) in [5, 5.41) is 0. The maximum absolute atomic E-state index is 12.8. The SMILES string of the molecule is O=S1(=O)c2ccccc2[C@@H]2[C@@H]3CN1[C@]23[Se]c1ccccc1. The monoisotopic (exact) mass is 363 g/mol. The second kappa shape index (κ2) is 3.79. The first-order chi connectivity index (χ1) is 10.2. The second-order valence-electron chi connectivity index (χ2n) is 5.83. The van der Waals surface area contributed by atoms with E-state index in [-0.39, 0.29) is 19.4 Å². The summed E-state index contributed by atoms with van der Waals surface area (Å²) in [6, 6.07) is 17.9. The van der Waals surface area contributed by atoms with E-state index in [0.717, 1.165) is 5.56 Å². The summed E-state index contributed by atoms with van der Waals surface area (Å²) in [4.78, 5) is 0.537. The van der Waals surface area contributed by atoms with Crippen molar-refractivity contribution in [3.05, 3.63) is 60.2 Å². The van der Waals surface area contributed by atoms with Crippen LogP contribution in [0.4, 0.5) is 0 Å². The summed E-state index contributed by atoms with van der Waals surface area (Å²) >= 11 is 0.169. The van der Waals surface area contributed by atoms with Crippen LogP contribution >= 0.6 is 0 Å². The summed E-state index contributed by atoms with van der Waals surface area (Å²) < 4.78 is 28.6. The van der Waals surface area contributed by atoms with Gasteiger partial charge in [-0.3, -0.25) is 0 Å². The zero-order chi connectivity index (χ0) is 14.2. The number of hydrogen-bond acceptors (Lipinski definition) is 2. The third-order valence-electron chi connectivity index (χ3n) is 4.87. The first-order valence-corrected chi connectivity index (χ1v) is 10.2. The molecule has 0 aromatic heterocycles. The molecule has 2 heterocycles. The van der Waals surface area contributed by atoms with E-state index >= 15 is 0 Å². The molecule has 0 spiro atoms. The van der Waals surface area contributed by atoms with E-state index in [0.29, 0.717) is 23.3 Å². The molecule has 3 nitrogen and oxygen atoms in total. The van der Waals surface area contributed by atoms with Crippen LogP contribution in [0, 0.1) is 5.92 Å². The molecule has 2 aliphatic heterocycles. The van der Waals surface area contributed by atoms with Gasteiger partial charge in [-0.25, -0.2) is 0 Å². The molecular weight excluding hydrogens is 349 g/mol. The standard InChI is InChI=1S/C16H13NO2SSe/c18-20(19)14-9-5-4-8-12(14)15-13-10-17(20)16(13,15)21-11-6-2-1-3-7-11/h1-9,13,15H,10H2/t13-,15+,16+/m0/s1. The van der Waals surface area contributed by atoms with E-state index in [1.54, 1.807) is 10.4 Å². The van der Waals surface area contributed by atoms with Gasteiger partial charge in [0.15, 0.2) is 0 Å². The quantitative estimate of drug-likeness (QED) is 0.752. The van der Waals surface area contributed by atoms with Crippen molar-refractivity contribution in [3.8, 4) is 0 Å². The molecule has 0 amide bonds. The van der Waals surface area contributed by atoms with Crippen LogP contribution in [0.1, 0.15) is 11.5 Å². The third-order valence-corrected chi connectivity index (χ3v) is 10.5. The van der Waals surface area contributed by atoms with Crippen LogP contribution in [0.5, 0.6) is 0 Å².